The van der Waals surface area contributed by atoms with Crippen molar-refractivity contribution in [2.75, 3.05) is 0 Å². The number of rotatable bonds is 3. The van der Waals surface area contributed by atoms with E-state index in [1.54, 1.807) is 0 Å². The number of aromatic nitrogens is 1. The predicted molar refractivity (Wildman–Crippen MR) is 44.4 cm³/mol. The molecule has 0 aliphatic heterocycles. The minimum atomic E-state index is -5.12. The van der Waals surface area contributed by atoms with Gasteiger partial charge in [-0.2, -0.15) is 0 Å². The van der Waals surface area contributed by atoms with Crippen molar-refractivity contribution in [3.8, 4) is 11.6 Å². The van der Waals surface area contributed by atoms with Crippen LogP contribution in [0.2, 0.25) is 0 Å². The number of hydrogen-bond acceptors (Lipinski definition) is 4. The molecule has 2 N–H and O–H groups in total. The Morgan fingerprint density at radius 3 is 2.47 bits per heavy atom. The minimum Gasteiger partial charge on any atom is -0.503 e. The minimum absolute atomic E-state index is 0.470. The quantitative estimate of drug-likeness (QED) is 0.806. The summed E-state index contributed by atoms with van der Waals surface area (Å²) in [6.45, 7) is -1.47. The van der Waals surface area contributed by atoms with Crippen LogP contribution in [0.4, 0.5) is 17.6 Å². The molecule has 0 aliphatic carbocycles. The Morgan fingerprint density at radius 2 is 2.06 bits per heavy atom. The molecular formula is C8H5F4NO4. The molecule has 0 amide bonds. The molecule has 94 valence electrons. The van der Waals surface area contributed by atoms with E-state index in [1.807, 2.05) is 0 Å². The summed E-state index contributed by atoms with van der Waals surface area (Å²) in [4.78, 5) is 13.5. The molecular weight excluding hydrogens is 250 g/mol. The van der Waals surface area contributed by atoms with Gasteiger partial charge in [0.05, 0.1) is 5.56 Å². The van der Waals surface area contributed by atoms with Gasteiger partial charge in [0.15, 0.2) is 5.75 Å². The number of halogens is 4. The van der Waals surface area contributed by atoms with E-state index in [-0.39, 0.29) is 0 Å². The number of carboxylic acids is 1. The Labute approximate surface area is 91.3 Å². The fraction of sp³-hybridized carbons (Fsp3) is 0.250. The molecule has 1 aromatic rings. The second-order valence-electron chi connectivity index (χ2n) is 2.79. The normalized spacial score (nSPS) is 11.3. The summed E-state index contributed by atoms with van der Waals surface area (Å²) in [6, 6.07) is 0. The highest BCUT2D eigenvalue weighted by Gasteiger charge is 2.34. The summed E-state index contributed by atoms with van der Waals surface area (Å²) < 4.78 is 51.2. The van der Waals surface area contributed by atoms with Crippen LogP contribution in [0.3, 0.4) is 0 Å². The van der Waals surface area contributed by atoms with Gasteiger partial charge in [0.25, 0.3) is 5.88 Å². The molecule has 17 heavy (non-hydrogen) atoms. The third-order valence-corrected chi connectivity index (χ3v) is 1.70. The van der Waals surface area contributed by atoms with Crippen molar-refractivity contribution >= 4 is 5.97 Å². The molecule has 0 bridgehead atoms. The van der Waals surface area contributed by atoms with Crippen LogP contribution in [0.5, 0.6) is 11.6 Å². The number of nitrogens with zero attached hydrogens (tertiary/aromatic N) is 1. The van der Waals surface area contributed by atoms with Gasteiger partial charge in [0.2, 0.25) is 0 Å². The fourth-order valence-corrected chi connectivity index (χ4v) is 1.02. The summed E-state index contributed by atoms with van der Waals surface area (Å²) in [5, 5.41) is 17.8. The maximum atomic E-state index is 12.4. The number of carboxylic acid groups (broad SMARTS) is 1. The van der Waals surface area contributed by atoms with Gasteiger partial charge in [-0.1, -0.05) is 0 Å². The van der Waals surface area contributed by atoms with Crippen molar-refractivity contribution in [1.29, 1.82) is 0 Å². The average Bonchev–Trinajstić information content (AvgIpc) is 2.18. The zero-order valence-corrected chi connectivity index (χ0v) is 7.95. The molecule has 1 heterocycles. The Morgan fingerprint density at radius 1 is 1.47 bits per heavy atom. The third kappa shape index (κ3) is 2.95. The summed E-state index contributed by atoms with van der Waals surface area (Å²) in [5.74, 6) is -4.21. The molecule has 0 aromatic carbocycles. The summed E-state index contributed by atoms with van der Waals surface area (Å²) in [5.41, 5.74) is -1.56. The van der Waals surface area contributed by atoms with E-state index in [0.717, 1.165) is 0 Å². The Balaban J connectivity index is 3.25. The maximum absolute atomic E-state index is 12.4. The van der Waals surface area contributed by atoms with E-state index < -0.39 is 41.8 Å². The van der Waals surface area contributed by atoms with Crippen LogP contribution in [0.1, 0.15) is 15.9 Å². The number of ether oxygens (including phenoxy) is 1. The highest BCUT2D eigenvalue weighted by Crippen LogP contribution is 2.34. The predicted octanol–water partition coefficient (Wildman–Crippen LogP) is 1.85. The van der Waals surface area contributed by atoms with Gasteiger partial charge in [-0.05, 0) is 0 Å². The van der Waals surface area contributed by atoms with Crippen LogP contribution >= 0.6 is 0 Å². The molecule has 0 radical (unpaired) electrons. The van der Waals surface area contributed by atoms with Crippen LogP contribution < -0.4 is 4.74 Å². The lowest BCUT2D eigenvalue weighted by atomic mass is 10.1. The van der Waals surface area contributed by atoms with Crippen molar-refractivity contribution in [2.45, 2.75) is 13.0 Å². The average molecular weight is 255 g/mol. The maximum Gasteiger partial charge on any atom is 0.574 e. The smallest absolute Gasteiger partial charge is 0.503 e. The van der Waals surface area contributed by atoms with Gasteiger partial charge >= 0.3 is 12.3 Å². The molecule has 0 unspecified atom stereocenters. The Hall–Kier alpha value is -2.06. The lowest BCUT2D eigenvalue weighted by molar-refractivity contribution is -0.276. The molecule has 0 spiro atoms. The van der Waals surface area contributed by atoms with Gasteiger partial charge in [0, 0.05) is 11.8 Å². The zero-order valence-electron chi connectivity index (χ0n) is 7.95. The third-order valence-electron chi connectivity index (χ3n) is 1.70. The standard InChI is InChI=1S/C8H5F4NO4/c9-1-3-4(7(15)16)2-13-6(5(3)14)17-8(10,11)12/h2,14H,1H2,(H,15,16). The van der Waals surface area contributed by atoms with Crippen LogP contribution in [0.15, 0.2) is 6.20 Å². The van der Waals surface area contributed by atoms with Crippen molar-refractivity contribution in [3.05, 3.63) is 17.3 Å². The number of alkyl halides is 4. The number of hydrogen-bond donors (Lipinski definition) is 2. The monoisotopic (exact) mass is 255 g/mol. The van der Waals surface area contributed by atoms with Gasteiger partial charge in [0.1, 0.15) is 6.67 Å². The number of aromatic hydroxyl groups is 1. The first-order valence-corrected chi connectivity index (χ1v) is 4.02. The Bertz CT molecular complexity index is 446. The second-order valence-corrected chi connectivity index (χ2v) is 2.79. The molecule has 1 aromatic heterocycles. The number of pyridine rings is 1. The highest BCUT2D eigenvalue weighted by molar-refractivity contribution is 5.90. The molecule has 1 rings (SSSR count). The van der Waals surface area contributed by atoms with E-state index in [1.165, 1.54) is 0 Å². The first kappa shape index (κ1) is 13.0. The highest BCUT2D eigenvalue weighted by atomic mass is 19.4. The molecule has 9 heteroatoms. The van der Waals surface area contributed by atoms with Crippen molar-refractivity contribution in [2.24, 2.45) is 0 Å². The van der Waals surface area contributed by atoms with E-state index in [4.69, 9.17) is 5.11 Å². The molecule has 0 saturated carbocycles. The van der Waals surface area contributed by atoms with Crippen molar-refractivity contribution in [1.82, 2.24) is 4.98 Å². The van der Waals surface area contributed by atoms with Crippen molar-refractivity contribution in [3.63, 3.8) is 0 Å². The van der Waals surface area contributed by atoms with Crippen LogP contribution in [0.25, 0.3) is 0 Å². The molecule has 0 atom stereocenters. The fourth-order valence-electron chi connectivity index (χ4n) is 1.02. The molecule has 0 fully saturated rings. The number of aromatic carboxylic acids is 1. The van der Waals surface area contributed by atoms with Gasteiger partial charge < -0.3 is 14.9 Å². The van der Waals surface area contributed by atoms with E-state index >= 15 is 0 Å². The van der Waals surface area contributed by atoms with Crippen LogP contribution in [-0.2, 0) is 6.67 Å². The van der Waals surface area contributed by atoms with Gasteiger partial charge in [-0.15, -0.1) is 13.2 Å². The summed E-state index contributed by atoms with van der Waals surface area (Å²) >= 11 is 0. The largest absolute Gasteiger partial charge is 0.574 e. The second kappa shape index (κ2) is 4.44. The molecule has 0 saturated heterocycles. The van der Waals surface area contributed by atoms with E-state index in [2.05, 4.69) is 9.72 Å². The summed E-state index contributed by atoms with van der Waals surface area (Å²) in [7, 11) is 0. The Kier molecular flexibility index (Phi) is 3.39. The lowest BCUT2D eigenvalue weighted by Crippen LogP contribution is -2.18. The van der Waals surface area contributed by atoms with Crippen molar-refractivity contribution < 1.29 is 37.3 Å². The zero-order chi connectivity index (χ0) is 13.2. The molecule has 0 aliphatic rings. The van der Waals surface area contributed by atoms with E-state index in [0.29, 0.717) is 6.20 Å². The topological polar surface area (TPSA) is 79.7 Å². The first-order chi connectivity index (χ1) is 7.76. The first-order valence-electron chi connectivity index (χ1n) is 4.02. The van der Waals surface area contributed by atoms with E-state index in [9.17, 15) is 27.5 Å². The summed E-state index contributed by atoms with van der Waals surface area (Å²) in [6.07, 6.45) is -4.65. The van der Waals surface area contributed by atoms with Crippen LogP contribution in [-0.4, -0.2) is 27.5 Å². The molecule has 5 nitrogen and oxygen atoms in total. The van der Waals surface area contributed by atoms with Crippen LogP contribution in [0, 0.1) is 0 Å². The van der Waals surface area contributed by atoms with Gasteiger partial charge in [-0.25, -0.2) is 14.2 Å². The lowest BCUT2D eigenvalue weighted by Gasteiger charge is -2.11. The SMILES string of the molecule is O=C(O)c1cnc(OC(F)(F)F)c(O)c1CF. The number of carbonyl (C=O) groups is 1. The van der Waals surface area contributed by atoms with Gasteiger partial charge in [-0.3, -0.25) is 0 Å².